The SMILES string of the molecule is OC1CCCCCC1CN1CCCCCCC1. The zero-order valence-corrected chi connectivity index (χ0v) is 11.2. The second kappa shape index (κ2) is 7.38. The summed E-state index contributed by atoms with van der Waals surface area (Å²) in [5.41, 5.74) is 0. The van der Waals surface area contributed by atoms with E-state index in [1.54, 1.807) is 0 Å². The van der Waals surface area contributed by atoms with E-state index in [1.807, 2.05) is 0 Å². The molecule has 2 unspecified atom stereocenters. The Hall–Kier alpha value is -0.0800. The molecule has 1 heterocycles. The minimum Gasteiger partial charge on any atom is -0.393 e. The van der Waals surface area contributed by atoms with E-state index in [-0.39, 0.29) is 6.10 Å². The van der Waals surface area contributed by atoms with E-state index in [2.05, 4.69) is 4.90 Å². The number of aliphatic hydroxyl groups is 1. The molecule has 0 amide bonds. The predicted molar refractivity (Wildman–Crippen MR) is 72.1 cm³/mol. The molecule has 2 aliphatic rings. The van der Waals surface area contributed by atoms with Crippen LogP contribution in [-0.2, 0) is 0 Å². The third kappa shape index (κ3) is 4.59. The van der Waals surface area contributed by atoms with Crippen molar-refractivity contribution < 1.29 is 5.11 Å². The number of nitrogens with zero attached hydrogens (tertiary/aromatic N) is 1. The second-order valence-corrected chi connectivity index (χ2v) is 6.03. The molecule has 1 aliphatic carbocycles. The third-order valence-corrected chi connectivity index (χ3v) is 4.56. The molecule has 2 fully saturated rings. The average Bonchev–Trinajstić information content (AvgIpc) is 2.48. The molecule has 2 heteroatoms. The molecule has 1 N–H and O–H groups in total. The van der Waals surface area contributed by atoms with Crippen LogP contribution < -0.4 is 0 Å². The molecule has 17 heavy (non-hydrogen) atoms. The zero-order valence-electron chi connectivity index (χ0n) is 11.2. The summed E-state index contributed by atoms with van der Waals surface area (Å²) in [7, 11) is 0. The van der Waals surface area contributed by atoms with Gasteiger partial charge in [0.05, 0.1) is 6.10 Å². The van der Waals surface area contributed by atoms with Gasteiger partial charge in [0.15, 0.2) is 0 Å². The Morgan fingerprint density at radius 1 is 0.765 bits per heavy atom. The first kappa shape index (κ1) is 13.4. The first-order chi connectivity index (χ1) is 8.36. The molecule has 1 aliphatic heterocycles. The second-order valence-electron chi connectivity index (χ2n) is 6.03. The molecule has 0 aromatic heterocycles. The van der Waals surface area contributed by atoms with E-state index in [4.69, 9.17) is 0 Å². The fourth-order valence-electron chi connectivity index (χ4n) is 3.41. The highest BCUT2D eigenvalue weighted by Crippen LogP contribution is 2.25. The van der Waals surface area contributed by atoms with Crippen LogP contribution in [0.3, 0.4) is 0 Å². The van der Waals surface area contributed by atoms with E-state index in [0.717, 1.165) is 13.0 Å². The van der Waals surface area contributed by atoms with Crippen LogP contribution in [0.25, 0.3) is 0 Å². The Labute approximate surface area is 106 Å². The van der Waals surface area contributed by atoms with Crippen molar-refractivity contribution in [1.29, 1.82) is 0 Å². The van der Waals surface area contributed by atoms with Crippen LogP contribution in [0, 0.1) is 5.92 Å². The van der Waals surface area contributed by atoms with Gasteiger partial charge in [-0.25, -0.2) is 0 Å². The maximum absolute atomic E-state index is 10.2. The quantitative estimate of drug-likeness (QED) is 0.748. The highest BCUT2D eigenvalue weighted by Gasteiger charge is 2.23. The van der Waals surface area contributed by atoms with Gasteiger partial charge in [0.2, 0.25) is 0 Å². The number of hydrogen-bond acceptors (Lipinski definition) is 2. The van der Waals surface area contributed by atoms with Crippen LogP contribution in [0.5, 0.6) is 0 Å². The Morgan fingerprint density at radius 3 is 2.12 bits per heavy atom. The van der Waals surface area contributed by atoms with Gasteiger partial charge in [0.25, 0.3) is 0 Å². The molecule has 0 aromatic carbocycles. The Morgan fingerprint density at radius 2 is 1.35 bits per heavy atom. The van der Waals surface area contributed by atoms with Crippen LogP contribution >= 0.6 is 0 Å². The first-order valence-corrected chi connectivity index (χ1v) is 7.76. The average molecular weight is 239 g/mol. The molecule has 1 saturated heterocycles. The van der Waals surface area contributed by atoms with Gasteiger partial charge in [-0.2, -0.15) is 0 Å². The highest BCUT2D eigenvalue weighted by atomic mass is 16.3. The fourth-order valence-corrected chi connectivity index (χ4v) is 3.41. The van der Waals surface area contributed by atoms with Crippen molar-refractivity contribution in [3.8, 4) is 0 Å². The van der Waals surface area contributed by atoms with Crippen LogP contribution in [-0.4, -0.2) is 35.7 Å². The van der Waals surface area contributed by atoms with Crippen molar-refractivity contribution >= 4 is 0 Å². The van der Waals surface area contributed by atoms with Gasteiger partial charge in [-0.05, 0) is 44.7 Å². The molecule has 100 valence electrons. The van der Waals surface area contributed by atoms with E-state index >= 15 is 0 Å². The number of hydrogen-bond donors (Lipinski definition) is 1. The maximum atomic E-state index is 10.2. The number of rotatable bonds is 2. The number of aliphatic hydroxyl groups excluding tert-OH is 1. The molecule has 1 saturated carbocycles. The van der Waals surface area contributed by atoms with Gasteiger partial charge in [-0.15, -0.1) is 0 Å². The summed E-state index contributed by atoms with van der Waals surface area (Å²) in [6.07, 6.45) is 13.1. The van der Waals surface area contributed by atoms with E-state index < -0.39 is 0 Å². The molecule has 0 spiro atoms. The Kier molecular flexibility index (Phi) is 5.79. The van der Waals surface area contributed by atoms with Crippen LogP contribution in [0.1, 0.15) is 64.2 Å². The summed E-state index contributed by atoms with van der Waals surface area (Å²) in [6, 6.07) is 0. The Balaban J connectivity index is 1.79. The fraction of sp³-hybridized carbons (Fsp3) is 1.00. The summed E-state index contributed by atoms with van der Waals surface area (Å²) in [4.78, 5) is 2.62. The topological polar surface area (TPSA) is 23.5 Å². The minimum absolute atomic E-state index is 0.0251. The van der Waals surface area contributed by atoms with Gasteiger partial charge >= 0.3 is 0 Å². The first-order valence-electron chi connectivity index (χ1n) is 7.76. The van der Waals surface area contributed by atoms with Crippen molar-refractivity contribution in [3.63, 3.8) is 0 Å². The molecular formula is C15H29NO. The molecule has 0 aromatic rings. The largest absolute Gasteiger partial charge is 0.393 e. The van der Waals surface area contributed by atoms with E-state index in [1.165, 1.54) is 70.9 Å². The molecule has 0 bridgehead atoms. The minimum atomic E-state index is -0.0251. The van der Waals surface area contributed by atoms with Gasteiger partial charge < -0.3 is 10.0 Å². The van der Waals surface area contributed by atoms with Crippen LogP contribution in [0.4, 0.5) is 0 Å². The van der Waals surface area contributed by atoms with Crippen molar-refractivity contribution in [2.75, 3.05) is 19.6 Å². The van der Waals surface area contributed by atoms with Crippen molar-refractivity contribution in [2.24, 2.45) is 5.92 Å². The standard InChI is InChI=1S/C15H29NO/c17-15-10-6-4-5-9-14(15)13-16-11-7-2-1-3-8-12-16/h14-15,17H,1-13H2. The molecule has 2 atom stereocenters. The van der Waals surface area contributed by atoms with Gasteiger partial charge in [-0.3, -0.25) is 0 Å². The predicted octanol–water partition coefficient (Wildman–Crippen LogP) is 3.19. The van der Waals surface area contributed by atoms with E-state index in [0.29, 0.717) is 5.92 Å². The van der Waals surface area contributed by atoms with E-state index in [9.17, 15) is 5.11 Å². The van der Waals surface area contributed by atoms with Crippen LogP contribution in [0.15, 0.2) is 0 Å². The van der Waals surface area contributed by atoms with Crippen LogP contribution in [0.2, 0.25) is 0 Å². The monoisotopic (exact) mass is 239 g/mol. The molecule has 2 rings (SSSR count). The van der Waals surface area contributed by atoms with Gasteiger partial charge in [-0.1, -0.05) is 38.5 Å². The summed E-state index contributed by atoms with van der Waals surface area (Å²) in [5.74, 6) is 0.553. The summed E-state index contributed by atoms with van der Waals surface area (Å²) >= 11 is 0. The lowest BCUT2D eigenvalue weighted by Crippen LogP contribution is -2.36. The normalized spacial score (nSPS) is 33.7. The highest BCUT2D eigenvalue weighted by molar-refractivity contribution is 4.77. The molecule has 0 radical (unpaired) electrons. The summed E-state index contributed by atoms with van der Waals surface area (Å²) < 4.78 is 0. The zero-order chi connectivity index (χ0) is 11.9. The maximum Gasteiger partial charge on any atom is 0.0580 e. The summed E-state index contributed by atoms with van der Waals surface area (Å²) in [6.45, 7) is 3.69. The van der Waals surface area contributed by atoms with Crippen molar-refractivity contribution in [3.05, 3.63) is 0 Å². The molecular weight excluding hydrogens is 210 g/mol. The Bertz CT molecular complexity index is 199. The lowest BCUT2D eigenvalue weighted by molar-refractivity contribution is 0.0711. The lowest BCUT2D eigenvalue weighted by atomic mass is 9.96. The third-order valence-electron chi connectivity index (χ3n) is 4.56. The smallest absolute Gasteiger partial charge is 0.0580 e. The van der Waals surface area contributed by atoms with Gasteiger partial charge in [0, 0.05) is 6.54 Å². The van der Waals surface area contributed by atoms with Crippen molar-refractivity contribution in [2.45, 2.75) is 70.3 Å². The van der Waals surface area contributed by atoms with Gasteiger partial charge in [0.1, 0.15) is 0 Å². The number of likely N-dealkylation sites (tertiary alicyclic amines) is 1. The summed E-state index contributed by atoms with van der Waals surface area (Å²) in [5, 5.41) is 10.2. The molecule has 2 nitrogen and oxygen atoms in total. The van der Waals surface area contributed by atoms with Crippen molar-refractivity contribution in [1.82, 2.24) is 4.90 Å². The lowest BCUT2D eigenvalue weighted by Gasteiger charge is -2.30.